The maximum atomic E-state index is 14.3. The number of aromatic nitrogens is 2. The summed E-state index contributed by atoms with van der Waals surface area (Å²) in [7, 11) is -4.67. The zero-order chi connectivity index (χ0) is 21.0. The van der Waals surface area contributed by atoms with Crippen molar-refractivity contribution in [3.63, 3.8) is 0 Å². The number of carbonyl (C=O) groups is 1. The van der Waals surface area contributed by atoms with Crippen LogP contribution >= 0.6 is 0 Å². The van der Waals surface area contributed by atoms with Crippen molar-refractivity contribution < 1.29 is 17.6 Å². The predicted octanol–water partition coefficient (Wildman–Crippen LogP) is 1.13. The third-order valence-corrected chi connectivity index (χ3v) is 4.91. The number of rotatable bonds is 5. The number of hydrazine groups is 1. The Morgan fingerprint density at radius 2 is 1.66 bits per heavy atom. The van der Waals surface area contributed by atoms with E-state index in [1.54, 1.807) is 35.3 Å². The molecule has 0 aliphatic rings. The maximum absolute atomic E-state index is 14.3. The van der Waals surface area contributed by atoms with Gasteiger partial charge in [-0.25, -0.2) is 27.4 Å². The Morgan fingerprint density at radius 1 is 1.00 bits per heavy atom. The summed E-state index contributed by atoms with van der Waals surface area (Å²) >= 11 is 0. The van der Waals surface area contributed by atoms with Crippen molar-refractivity contribution in [3.8, 4) is 0 Å². The number of sulfonamides is 1. The van der Waals surface area contributed by atoms with Crippen LogP contribution in [0, 0.1) is 5.82 Å². The Hall–Kier alpha value is -3.77. The van der Waals surface area contributed by atoms with E-state index < -0.39 is 43.7 Å². The molecule has 1 heterocycles. The summed E-state index contributed by atoms with van der Waals surface area (Å²) in [5.74, 6) is -0.895. The van der Waals surface area contributed by atoms with Crippen molar-refractivity contribution in [3.05, 3.63) is 87.4 Å². The Morgan fingerprint density at radius 3 is 2.31 bits per heavy atom. The highest BCUT2D eigenvalue weighted by Gasteiger charge is 2.28. The molecule has 10 nitrogen and oxygen atoms in total. The van der Waals surface area contributed by atoms with Crippen LogP contribution in [0.5, 0.6) is 0 Å². The van der Waals surface area contributed by atoms with Crippen LogP contribution in [0.15, 0.2) is 75.3 Å². The molecular weight excluding hydrogens is 405 g/mol. The molecule has 0 aliphatic heterocycles. The molecule has 0 aliphatic carbocycles. The Bertz CT molecular complexity index is 1260. The first-order chi connectivity index (χ1) is 13.8. The fourth-order valence-corrected chi connectivity index (χ4v) is 3.33. The number of carbonyl (C=O) groups excluding carboxylic acids is 1. The van der Waals surface area contributed by atoms with Crippen molar-refractivity contribution in [1.82, 2.24) is 14.8 Å². The monoisotopic (exact) mass is 419 g/mol. The highest BCUT2D eigenvalue weighted by Crippen LogP contribution is 2.19. The number of nitrogens with zero attached hydrogens (tertiary/aromatic N) is 1. The molecule has 0 saturated carbocycles. The summed E-state index contributed by atoms with van der Waals surface area (Å²) in [4.78, 5) is 40.4. The van der Waals surface area contributed by atoms with Crippen molar-refractivity contribution >= 4 is 27.4 Å². The number of halogens is 1. The van der Waals surface area contributed by atoms with E-state index in [0.29, 0.717) is 16.9 Å². The topological polar surface area (TPSA) is 144 Å². The number of benzene rings is 2. The van der Waals surface area contributed by atoms with E-state index in [9.17, 15) is 27.2 Å². The molecule has 0 bridgehead atoms. The molecule has 0 atom stereocenters. The molecule has 3 rings (SSSR count). The highest BCUT2D eigenvalue weighted by atomic mass is 32.2. The van der Waals surface area contributed by atoms with Crippen LogP contribution in [-0.2, 0) is 10.0 Å². The van der Waals surface area contributed by atoms with Gasteiger partial charge in [0.2, 0.25) is 0 Å². The van der Waals surface area contributed by atoms with E-state index >= 15 is 0 Å². The quantitative estimate of drug-likeness (QED) is 0.458. The third-order valence-electron chi connectivity index (χ3n) is 3.61. The van der Waals surface area contributed by atoms with Gasteiger partial charge in [0.05, 0.1) is 5.69 Å². The second-order valence-corrected chi connectivity index (χ2v) is 7.24. The number of urea groups is 1. The van der Waals surface area contributed by atoms with E-state index in [1.165, 1.54) is 18.2 Å². The van der Waals surface area contributed by atoms with Gasteiger partial charge in [0.15, 0.2) is 4.90 Å². The van der Waals surface area contributed by atoms with E-state index in [4.69, 9.17) is 0 Å². The summed E-state index contributed by atoms with van der Waals surface area (Å²) < 4.78 is 39.5. The van der Waals surface area contributed by atoms with Gasteiger partial charge in [-0.1, -0.05) is 30.3 Å². The second-order valence-electron chi connectivity index (χ2n) is 5.61. The van der Waals surface area contributed by atoms with E-state index in [-0.39, 0.29) is 0 Å². The molecule has 0 radical (unpaired) electrons. The first-order valence-electron chi connectivity index (χ1n) is 8.03. The lowest BCUT2D eigenvalue weighted by molar-refractivity contribution is 0.255. The molecular formula is C17H14FN5O5S. The second kappa shape index (κ2) is 8.08. The average Bonchev–Trinajstić information content (AvgIpc) is 2.67. The smallest absolute Gasteiger partial charge is 0.313 e. The van der Waals surface area contributed by atoms with Crippen LogP contribution in [-0.4, -0.2) is 24.4 Å². The first-order valence-corrected chi connectivity index (χ1v) is 9.51. The molecule has 12 heteroatoms. The van der Waals surface area contributed by atoms with E-state index in [0.717, 1.165) is 6.07 Å². The van der Waals surface area contributed by atoms with Crippen LogP contribution in [0.3, 0.4) is 0 Å². The standard InChI is InChI=1S/C17H14FN5O5S/c18-12-8-4-5-9-13(12)23(17(26)20-11-6-2-1-3-7-11)22-29(27,28)14-10-19-16(25)21-15(14)24/h1-10,22H,(H,20,26)(H2,19,21,24,25). The summed E-state index contributed by atoms with van der Waals surface area (Å²) in [5.41, 5.74) is -2.22. The molecule has 0 fully saturated rings. The molecule has 3 aromatic rings. The molecule has 2 amide bonds. The summed E-state index contributed by atoms with van der Waals surface area (Å²) in [5, 5.41) is 2.82. The number of anilines is 2. The van der Waals surface area contributed by atoms with Gasteiger partial charge in [0.25, 0.3) is 15.6 Å². The summed E-state index contributed by atoms with van der Waals surface area (Å²) in [6, 6.07) is 12.0. The molecule has 4 N–H and O–H groups in total. The minimum Gasteiger partial charge on any atom is -0.313 e. The van der Waals surface area contributed by atoms with Crippen LogP contribution < -0.4 is 26.4 Å². The van der Waals surface area contributed by atoms with E-state index in [2.05, 4.69) is 5.32 Å². The minimum absolute atomic E-state index is 0.319. The summed E-state index contributed by atoms with van der Waals surface area (Å²) in [6.07, 6.45) is 0.665. The number of para-hydroxylation sites is 2. The van der Waals surface area contributed by atoms with Crippen LogP contribution in [0.25, 0.3) is 0 Å². The number of hydrogen-bond donors (Lipinski definition) is 4. The lowest BCUT2D eigenvalue weighted by Crippen LogP contribution is -2.50. The Kier molecular flexibility index (Phi) is 5.57. The largest absolute Gasteiger partial charge is 0.341 e. The molecule has 0 unspecified atom stereocenters. The van der Waals surface area contributed by atoms with E-state index in [1.807, 2.05) is 9.82 Å². The van der Waals surface area contributed by atoms with Gasteiger partial charge in [-0.15, -0.1) is 4.83 Å². The lowest BCUT2D eigenvalue weighted by atomic mass is 10.3. The van der Waals surface area contributed by atoms with Crippen LogP contribution in [0.4, 0.5) is 20.6 Å². The SMILES string of the molecule is O=C(Nc1ccccc1)N(NS(=O)(=O)c1c[nH]c(=O)[nH]c1=O)c1ccccc1F. The number of hydrogen-bond acceptors (Lipinski definition) is 5. The zero-order valence-corrected chi connectivity index (χ0v) is 15.4. The van der Waals surface area contributed by atoms with Gasteiger partial charge in [-0.05, 0) is 24.3 Å². The number of aromatic amines is 2. The molecule has 1 aromatic heterocycles. The van der Waals surface area contributed by atoms with Crippen molar-refractivity contribution in [1.29, 1.82) is 0 Å². The Balaban J connectivity index is 2.01. The third kappa shape index (κ3) is 4.56. The van der Waals surface area contributed by atoms with Crippen LogP contribution in [0.1, 0.15) is 0 Å². The van der Waals surface area contributed by atoms with Crippen molar-refractivity contribution in [2.24, 2.45) is 0 Å². The van der Waals surface area contributed by atoms with Gasteiger partial charge >= 0.3 is 11.7 Å². The zero-order valence-electron chi connectivity index (χ0n) is 14.5. The normalized spacial score (nSPS) is 11.1. The van der Waals surface area contributed by atoms with Crippen molar-refractivity contribution in [2.75, 3.05) is 10.3 Å². The molecule has 29 heavy (non-hydrogen) atoms. The Labute approximate surface area is 163 Å². The fraction of sp³-hybridized carbons (Fsp3) is 0. The van der Waals surface area contributed by atoms with Crippen LogP contribution in [0.2, 0.25) is 0 Å². The van der Waals surface area contributed by atoms with Gasteiger partial charge < -0.3 is 10.3 Å². The van der Waals surface area contributed by atoms with Crippen molar-refractivity contribution in [2.45, 2.75) is 4.90 Å². The molecule has 2 aromatic carbocycles. The van der Waals surface area contributed by atoms with Gasteiger partial charge in [-0.2, -0.15) is 0 Å². The number of H-pyrrole nitrogens is 2. The maximum Gasteiger partial charge on any atom is 0.341 e. The lowest BCUT2D eigenvalue weighted by Gasteiger charge is -2.23. The van der Waals surface area contributed by atoms with Gasteiger partial charge in [-0.3, -0.25) is 9.78 Å². The summed E-state index contributed by atoms with van der Waals surface area (Å²) in [6.45, 7) is 0. The molecule has 0 saturated heterocycles. The number of amides is 2. The van der Waals surface area contributed by atoms with Gasteiger partial charge in [0.1, 0.15) is 5.82 Å². The minimum atomic E-state index is -4.67. The fourth-order valence-electron chi connectivity index (χ4n) is 2.30. The highest BCUT2D eigenvalue weighted by molar-refractivity contribution is 7.89. The number of nitrogens with one attached hydrogen (secondary N) is 4. The first kappa shape index (κ1) is 20.0. The predicted molar refractivity (Wildman–Crippen MR) is 102 cm³/mol. The van der Waals surface area contributed by atoms with Gasteiger partial charge in [0, 0.05) is 11.9 Å². The average molecular weight is 419 g/mol. The molecule has 0 spiro atoms. The molecule has 150 valence electrons.